The molecule has 0 atom stereocenters. The van der Waals surface area contributed by atoms with E-state index in [2.05, 4.69) is 16.6 Å². The highest BCUT2D eigenvalue weighted by molar-refractivity contribution is 7.99. The van der Waals surface area contributed by atoms with Crippen molar-refractivity contribution in [3.8, 4) is 5.75 Å². The van der Waals surface area contributed by atoms with Crippen LogP contribution in [0.15, 0.2) is 58.5 Å². The number of rotatable bonds is 4. The molecule has 0 fully saturated rings. The maximum Gasteiger partial charge on any atom is 0.244 e. The molecule has 4 nitrogen and oxygen atoms in total. The number of hydrazone groups is 1. The van der Waals surface area contributed by atoms with Gasteiger partial charge in [-0.1, -0.05) is 36.4 Å². The van der Waals surface area contributed by atoms with E-state index in [1.165, 1.54) is 4.90 Å². The molecule has 2 aromatic carbocycles. The van der Waals surface area contributed by atoms with Gasteiger partial charge >= 0.3 is 0 Å². The van der Waals surface area contributed by atoms with E-state index >= 15 is 0 Å². The molecular weight excluding hydrogens is 308 g/mol. The second-order valence-corrected chi connectivity index (χ2v) is 6.31. The van der Waals surface area contributed by atoms with Crippen LogP contribution in [-0.2, 0) is 11.2 Å². The summed E-state index contributed by atoms with van der Waals surface area (Å²) in [6, 6.07) is 15.7. The first-order valence-electron chi connectivity index (χ1n) is 7.47. The quantitative estimate of drug-likeness (QED) is 0.878. The number of carbonyl (C=O) groups is 1. The number of ether oxygens (including phenoxy) is 1. The molecule has 0 unspecified atom stereocenters. The zero-order valence-electron chi connectivity index (χ0n) is 12.9. The van der Waals surface area contributed by atoms with Gasteiger partial charge < -0.3 is 4.74 Å². The summed E-state index contributed by atoms with van der Waals surface area (Å²) in [6.45, 7) is 0. The Bertz CT molecular complexity index is 743. The van der Waals surface area contributed by atoms with Crippen molar-refractivity contribution in [2.75, 3.05) is 12.9 Å². The smallest absolute Gasteiger partial charge is 0.244 e. The highest BCUT2D eigenvalue weighted by Crippen LogP contribution is 2.29. The molecule has 3 rings (SSSR count). The molecule has 1 aliphatic heterocycles. The number of thioether (sulfide) groups is 1. The number of amides is 1. The van der Waals surface area contributed by atoms with Crippen LogP contribution < -0.4 is 10.2 Å². The highest BCUT2D eigenvalue weighted by atomic mass is 32.2. The van der Waals surface area contributed by atoms with E-state index in [4.69, 9.17) is 4.74 Å². The monoisotopic (exact) mass is 326 g/mol. The van der Waals surface area contributed by atoms with Crippen molar-refractivity contribution >= 4 is 23.4 Å². The van der Waals surface area contributed by atoms with E-state index in [0.29, 0.717) is 0 Å². The van der Waals surface area contributed by atoms with E-state index < -0.39 is 0 Å². The van der Waals surface area contributed by atoms with Crippen molar-refractivity contribution in [1.29, 1.82) is 0 Å². The van der Waals surface area contributed by atoms with E-state index in [-0.39, 0.29) is 12.3 Å². The van der Waals surface area contributed by atoms with Gasteiger partial charge in [0.15, 0.2) is 0 Å². The predicted octanol–water partition coefficient (Wildman–Crippen LogP) is 3.25. The molecule has 0 bridgehead atoms. The molecule has 118 valence electrons. The molecule has 2 aromatic rings. The van der Waals surface area contributed by atoms with Crippen molar-refractivity contribution < 1.29 is 9.53 Å². The Morgan fingerprint density at radius 1 is 1.22 bits per heavy atom. The standard InChI is InChI=1S/C18H18N2O2S/c1-22-16-8-4-2-6-13(16)12-18(21)20-19-15-10-11-23-17-9-5-3-7-14(15)17/h2-9H,10-12H2,1H3,(H,20,21)/b19-15+. The van der Waals surface area contributed by atoms with Crippen LogP contribution in [0.5, 0.6) is 5.75 Å². The largest absolute Gasteiger partial charge is 0.496 e. The summed E-state index contributed by atoms with van der Waals surface area (Å²) in [5, 5.41) is 4.34. The fourth-order valence-electron chi connectivity index (χ4n) is 2.53. The molecular formula is C18H18N2O2S. The number of para-hydroxylation sites is 1. The molecule has 1 heterocycles. The fraction of sp³-hybridized carbons (Fsp3) is 0.222. The van der Waals surface area contributed by atoms with E-state index in [0.717, 1.165) is 34.8 Å². The zero-order chi connectivity index (χ0) is 16.1. The van der Waals surface area contributed by atoms with Gasteiger partial charge in [-0.25, -0.2) is 5.43 Å². The molecule has 5 heteroatoms. The van der Waals surface area contributed by atoms with Crippen LogP contribution in [0.2, 0.25) is 0 Å². The Hall–Kier alpha value is -2.27. The number of methoxy groups -OCH3 is 1. The summed E-state index contributed by atoms with van der Waals surface area (Å²) >= 11 is 1.82. The van der Waals surface area contributed by atoms with Crippen molar-refractivity contribution in [1.82, 2.24) is 5.43 Å². The number of hydrogen-bond acceptors (Lipinski definition) is 4. The normalized spacial score (nSPS) is 15.1. The van der Waals surface area contributed by atoms with Crippen LogP contribution in [0.4, 0.5) is 0 Å². The molecule has 1 N–H and O–H groups in total. The lowest BCUT2D eigenvalue weighted by Gasteiger charge is -2.17. The van der Waals surface area contributed by atoms with Gasteiger partial charge in [-0.15, -0.1) is 11.8 Å². The highest BCUT2D eigenvalue weighted by Gasteiger charge is 2.16. The summed E-state index contributed by atoms with van der Waals surface area (Å²) < 4.78 is 5.27. The maximum atomic E-state index is 12.2. The number of fused-ring (bicyclic) bond motifs is 1. The van der Waals surface area contributed by atoms with Gasteiger partial charge in [-0.3, -0.25) is 4.79 Å². The number of nitrogens with zero attached hydrogens (tertiary/aromatic N) is 1. The van der Waals surface area contributed by atoms with Gasteiger partial charge in [0, 0.05) is 28.2 Å². The van der Waals surface area contributed by atoms with E-state index in [9.17, 15) is 4.79 Å². The third-order valence-corrected chi connectivity index (χ3v) is 4.73. The Morgan fingerprint density at radius 3 is 2.87 bits per heavy atom. The first-order chi connectivity index (χ1) is 11.3. The van der Waals surface area contributed by atoms with Crippen molar-refractivity contribution in [3.05, 3.63) is 59.7 Å². The van der Waals surface area contributed by atoms with Crippen LogP contribution in [0.1, 0.15) is 17.5 Å². The van der Waals surface area contributed by atoms with E-state index in [1.807, 2.05) is 54.2 Å². The molecule has 23 heavy (non-hydrogen) atoms. The number of benzene rings is 2. The summed E-state index contributed by atoms with van der Waals surface area (Å²) in [7, 11) is 1.60. The lowest BCUT2D eigenvalue weighted by atomic mass is 10.1. The molecule has 0 aliphatic carbocycles. The van der Waals surface area contributed by atoms with Gasteiger partial charge in [0.2, 0.25) is 5.91 Å². The lowest BCUT2D eigenvalue weighted by molar-refractivity contribution is -0.120. The second kappa shape index (κ2) is 7.33. The summed E-state index contributed by atoms with van der Waals surface area (Å²) in [6.07, 6.45) is 1.10. The number of carbonyl (C=O) groups excluding carboxylic acids is 1. The number of hydrogen-bond donors (Lipinski definition) is 1. The Labute approximate surface area is 139 Å². The minimum Gasteiger partial charge on any atom is -0.496 e. The minimum atomic E-state index is -0.141. The maximum absolute atomic E-state index is 12.2. The molecule has 0 radical (unpaired) electrons. The Kier molecular flexibility index (Phi) is 4.98. The van der Waals surface area contributed by atoms with Crippen molar-refractivity contribution in [3.63, 3.8) is 0 Å². The third-order valence-electron chi connectivity index (χ3n) is 3.65. The average Bonchev–Trinajstić information content (AvgIpc) is 2.60. The van der Waals surface area contributed by atoms with Crippen LogP contribution >= 0.6 is 11.8 Å². The summed E-state index contributed by atoms with van der Waals surface area (Å²) in [5.74, 6) is 1.56. The molecule has 0 spiro atoms. The third kappa shape index (κ3) is 3.74. The van der Waals surface area contributed by atoms with Gasteiger partial charge in [-0.05, 0) is 12.1 Å². The van der Waals surface area contributed by atoms with Gasteiger partial charge in [0.1, 0.15) is 5.75 Å². The van der Waals surface area contributed by atoms with Crippen molar-refractivity contribution in [2.45, 2.75) is 17.7 Å². The molecule has 0 aromatic heterocycles. The average molecular weight is 326 g/mol. The minimum absolute atomic E-state index is 0.141. The van der Waals surface area contributed by atoms with E-state index in [1.54, 1.807) is 7.11 Å². The SMILES string of the molecule is COc1ccccc1CC(=O)N/N=C1\CCSc2ccccc21. The van der Waals surface area contributed by atoms with Crippen LogP contribution in [0.3, 0.4) is 0 Å². The van der Waals surface area contributed by atoms with Gasteiger partial charge in [0.25, 0.3) is 0 Å². The van der Waals surface area contributed by atoms with Crippen LogP contribution in [-0.4, -0.2) is 24.5 Å². The van der Waals surface area contributed by atoms with Gasteiger partial charge in [-0.2, -0.15) is 5.10 Å². The molecule has 1 aliphatic rings. The molecule has 1 amide bonds. The van der Waals surface area contributed by atoms with Crippen molar-refractivity contribution in [2.24, 2.45) is 5.10 Å². The summed E-state index contributed by atoms with van der Waals surface area (Å²) in [5.41, 5.74) is 5.58. The summed E-state index contributed by atoms with van der Waals surface area (Å²) in [4.78, 5) is 13.4. The lowest BCUT2D eigenvalue weighted by Crippen LogP contribution is -2.23. The Balaban J connectivity index is 1.70. The zero-order valence-corrected chi connectivity index (χ0v) is 13.7. The predicted molar refractivity (Wildman–Crippen MR) is 93.2 cm³/mol. The van der Waals surface area contributed by atoms with Crippen LogP contribution in [0.25, 0.3) is 0 Å². The topological polar surface area (TPSA) is 50.7 Å². The number of nitrogens with one attached hydrogen (secondary N) is 1. The molecule has 0 saturated heterocycles. The van der Waals surface area contributed by atoms with Gasteiger partial charge in [0.05, 0.1) is 19.2 Å². The first kappa shape index (κ1) is 15.6. The fourth-order valence-corrected chi connectivity index (χ4v) is 3.56. The molecule has 0 saturated carbocycles. The first-order valence-corrected chi connectivity index (χ1v) is 8.46. The Morgan fingerprint density at radius 2 is 2.00 bits per heavy atom. The van der Waals surface area contributed by atoms with Crippen LogP contribution in [0, 0.1) is 0 Å². The second-order valence-electron chi connectivity index (χ2n) is 5.18.